The summed E-state index contributed by atoms with van der Waals surface area (Å²) in [6.07, 6.45) is 5.17. The van der Waals surface area contributed by atoms with Crippen molar-refractivity contribution in [1.29, 1.82) is 0 Å². The molecule has 0 radical (unpaired) electrons. The van der Waals surface area contributed by atoms with E-state index in [1.54, 1.807) is 11.1 Å². The number of anilines is 1. The van der Waals surface area contributed by atoms with E-state index in [1.165, 1.54) is 31.4 Å². The molecule has 0 amide bonds. The molecule has 3 nitrogen and oxygen atoms in total. The maximum atomic E-state index is 5.90. The molecule has 0 bridgehead atoms. The Hall–Kier alpha value is -1.06. The van der Waals surface area contributed by atoms with Crippen molar-refractivity contribution in [2.75, 3.05) is 38.3 Å². The smallest absolute Gasteiger partial charge is 0.0574 e. The Bertz CT molecular complexity index is 449. The minimum Gasteiger partial charge on any atom is -0.380 e. The Balaban J connectivity index is 1.74. The van der Waals surface area contributed by atoms with E-state index in [2.05, 4.69) is 30.1 Å². The molecular weight excluding hydrogens is 236 g/mol. The van der Waals surface area contributed by atoms with Crippen molar-refractivity contribution >= 4 is 5.69 Å². The number of hydrogen-bond donors (Lipinski definition) is 1. The third-order valence-corrected chi connectivity index (χ3v) is 4.59. The molecule has 1 heterocycles. The molecule has 19 heavy (non-hydrogen) atoms. The molecule has 1 fully saturated rings. The van der Waals surface area contributed by atoms with Crippen molar-refractivity contribution < 1.29 is 4.74 Å². The summed E-state index contributed by atoms with van der Waals surface area (Å²) in [6.45, 7) is 3.31. The molecule has 0 aromatic heterocycles. The Morgan fingerprint density at radius 2 is 1.95 bits per heavy atom. The minimum absolute atomic E-state index is 0.171. The average molecular weight is 260 g/mol. The molecule has 1 aromatic rings. The van der Waals surface area contributed by atoms with E-state index in [-0.39, 0.29) is 5.41 Å². The number of rotatable bonds is 4. The van der Waals surface area contributed by atoms with Gasteiger partial charge in [0, 0.05) is 31.2 Å². The van der Waals surface area contributed by atoms with Crippen LogP contribution in [0.4, 0.5) is 5.69 Å². The van der Waals surface area contributed by atoms with Crippen molar-refractivity contribution in [3.63, 3.8) is 0 Å². The van der Waals surface area contributed by atoms with Gasteiger partial charge >= 0.3 is 0 Å². The van der Waals surface area contributed by atoms with Crippen LogP contribution in [0.25, 0.3) is 0 Å². The van der Waals surface area contributed by atoms with Gasteiger partial charge in [0.25, 0.3) is 0 Å². The van der Waals surface area contributed by atoms with Crippen LogP contribution in [-0.4, -0.2) is 33.4 Å². The molecule has 0 spiro atoms. The number of nitrogens with two attached hydrogens (primary N) is 1. The molecule has 3 rings (SSSR count). The fourth-order valence-electron chi connectivity index (χ4n) is 3.22. The van der Waals surface area contributed by atoms with E-state index in [1.807, 2.05) is 0 Å². The first-order valence-corrected chi connectivity index (χ1v) is 7.33. The van der Waals surface area contributed by atoms with Gasteiger partial charge < -0.3 is 15.4 Å². The fourth-order valence-corrected chi connectivity index (χ4v) is 3.22. The lowest BCUT2D eigenvalue weighted by atomic mass is 9.85. The number of benzene rings is 1. The second kappa shape index (κ2) is 5.14. The van der Waals surface area contributed by atoms with Crippen LogP contribution >= 0.6 is 0 Å². The predicted octanol–water partition coefficient (Wildman–Crippen LogP) is 1.98. The summed E-state index contributed by atoms with van der Waals surface area (Å²) >= 11 is 0. The molecular formula is C16H24N2O. The van der Waals surface area contributed by atoms with Crippen LogP contribution in [0.5, 0.6) is 0 Å². The highest BCUT2D eigenvalue weighted by Gasteiger charge is 2.38. The zero-order valence-electron chi connectivity index (χ0n) is 11.8. The van der Waals surface area contributed by atoms with Crippen molar-refractivity contribution in [3.8, 4) is 0 Å². The Morgan fingerprint density at radius 3 is 2.58 bits per heavy atom. The largest absolute Gasteiger partial charge is 0.380 e. The molecule has 0 unspecified atom stereocenters. The Kier molecular flexibility index (Phi) is 3.50. The number of aryl methyl sites for hydroxylation is 2. The molecule has 1 saturated heterocycles. The van der Waals surface area contributed by atoms with Gasteiger partial charge in [0.05, 0.1) is 13.2 Å². The summed E-state index contributed by atoms with van der Waals surface area (Å²) < 4.78 is 5.35. The molecule has 1 aliphatic heterocycles. The Labute approximate surface area is 115 Å². The molecule has 2 aliphatic rings. The molecule has 1 aromatic carbocycles. The first-order chi connectivity index (χ1) is 9.22. The molecule has 0 saturated carbocycles. The lowest BCUT2D eigenvalue weighted by molar-refractivity contribution is -0.101. The summed E-state index contributed by atoms with van der Waals surface area (Å²) in [5, 5.41) is 0. The first-order valence-electron chi connectivity index (χ1n) is 7.33. The second-order valence-electron chi connectivity index (χ2n) is 6.21. The number of fused-ring (bicyclic) bond motifs is 1. The van der Waals surface area contributed by atoms with Gasteiger partial charge in [0.1, 0.15) is 0 Å². The maximum absolute atomic E-state index is 5.90. The highest BCUT2D eigenvalue weighted by Crippen LogP contribution is 2.30. The van der Waals surface area contributed by atoms with Crippen LogP contribution in [0.15, 0.2) is 18.2 Å². The van der Waals surface area contributed by atoms with Gasteiger partial charge in [-0.25, -0.2) is 0 Å². The van der Waals surface area contributed by atoms with Crippen molar-refractivity contribution in [2.45, 2.75) is 25.7 Å². The van der Waals surface area contributed by atoms with Gasteiger partial charge in [0.2, 0.25) is 0 Å². The Morgan fingerprint density at radius 1 is 1.21 bits per heavy atom. The summed E-state index contributed by atoms with van der Waals surface area (Å²) in [5.74, 6) is 0. The molecule has 3 heteroatoms. The van der Waals surface area contributed by atoms with Crippen LogP contribution in [0.1, 0.15) is 24.0 Å². The van der Waals surface area contributed by atoms with E-state index in [0.717, 1.165) is 19.8 Å². The number of nitrogens with zero attached hydrogens (tertiary/aromatic N) is 1. The quantitative estimate of drug-likeness (QED) is 0.899. The van der Waals surface area contributed by atoms with Gasteiger partial charge in [-0.05, 0) is 48.9 Å². The van der Waals surface area contributed by atoms with Gasteiger partial charge in [-0.1, -0.05) is 6.07 Å². The van der Waals surface area contributed by atoms with Gasteiger partial charge in [0.15, 0.2) is 0 Å². The third-order valence-electron chi connectivity index (χ3n) is 4.59. The summed E-state index contributed by atoms with van der Waals surface area (Å²) in [7, 11) is 2.17. The third kappa shape index (κ3) is 2.49. The standard InChI is InChI=1S/C16H24N2O/c1-18(10-16(9-17)11-19-12-16)15-7-6-13-4-2-3-5-14(13)8-15/h6-8H,2-5,9-12,17H2,1H3. The molecule has 2 N–H and O–H groups in total. The average Bonchev–Trinajstić information content (AvgIpc) is 2.42. The summed E-state index contributed by atoms with van der Waals surface area (Å²) in [6, 6.07) is 6.94. The van der Waals surface area contributed by atoms with E-state index >= 15 is 0 Å². The summed E-state index contributed by atoms with van der Waals surface area (Å²) in [5.41, 5.74) is 10.5. The highest BCUT2D eigenvalue weighted by atomic mass is 16.5. The minimum atomic E-state index is 0.171. The molecule has 1 aliphatic carbocycles. The molecule has 104 valence electrons. The molecule has 0 atom stereocenters. The first kappa shape index (κ1) is 12.9. The monoisotopic (exact) mass is 260 g/mol. The maximum Gasteiger partial charge on any atom is 0.0574 e. The highest BCUT2D eigenvalue weighted by molar-refractivity contribution is 5.51. The number of hydrogen-bond acceptors (Lipinski definition) is 3. The van der Waals surface area contributed by atoms with Crippen molar-refractivity contribution in [3.05, 3.63) is 29.3 Å². The SMILES string of the molecule is CN(CC1(CN)COC1)c1ccc2c(c1)CCCC2. The fraction of sp³-hybridized carbons (Fsp3) is 0.625. The van der Waals surface area contributed by atoms with E-state index < -0.39 is 0 Å². The van der Waals surface area contributed by atoms with Gasteiger partial charge in [-0.3, -0.25) is 0 Å². The second-order valence-corrected chi connectivity index (χ2v) is 6.21. The lowest BCUT2D eigenvalue weighted by Crippen LogP contribution is -2.54. The van der Waals surface area contributed by atoms with Crippen molar-refractivity contribution in [1.82, 2.24) is 0 Å². The van der Waals surface area contributed by atoms with Crippen LogP contribution in [0, 0.1) is 5.41 Å². The van der Waals surface area contributed by atoms with Gasteiger partial charge in [-0.15, -0.1) is 0 Å². The zero-order valence-corrected chi connectivity index (χ0v) is 11.8. The number of ether oxygens (including phenoxy) is 1. The van der Waals surface area contributed by atoms with Crippen LogP contribution in [0.3, 0.4) is 0 Å². The zero-order chi connectivity index (χ0) is 13.3. The van der Waals surface area contributed by atoms with Crippen molar-refractivity contribution in [2.24, 2.45) is 11.1 Å². The topological polar surface area (TPSA) is 38.5 Å². The van der Waals surface area contributed by atoms with E-state index in [9.17, 15) is 0 Å². The lowest BCUT2D eigenvalue weighted by Gasteiger charge is -2.43. The van der Waals surface area contributed by atoms with Gasteiger partial charge in [-0.2, -0.15) is 0 Å². The van der Waals surface area contributed by atoms with Crippen LogP contribution < -0.4 is 10.6 Å². The van der Waals surface area contributed by atoms with E-state index in [4.69, 9.17) is 10.5 Å². The van der Waals surface area contributed by atoms with E-state index in [0.29, 0.717) is 6.54 Å². The van der Waals surface area contributed by atoms with Crippen LogP contribution in [0.2, 0.25) is 0 Å². The predicted molar refractivity (Wildman–Crippen MR) is 78.7 cm³/mol. The van der Waals surface area contributed by atoms with Crippen LogP contribution in [-0.2, 0) is 17.6 Å². The summed E-state index contributed by atoms with van der Waals surface area (Å²) in [4.78, 5) is 2.34. The normalized spacial score (nSPS) is 20.5.